The molecule has 1 aliphatic carbocycles. The summed E-state index contributed by atoms with van der Waals surface area (Å²) in [5, 5.41) is 0. The van der Waals surface area contributed by atoms with Crippen molar-refractivity contribution in [3.8, 4) is 0 Å². The number of carbonyl (C=O) groups excluding carboxylic acids is 1. The maximum Gasteiger partial charge on any atom is 0.291 e. The second-order valence-corrected chi connectivity index (χ2v) is 6.01. The van der Waals surface area contributed by atoms with E-state index in [0.717, 1.165) is 12.8 Å². The molecule has 0 aromatic carbocycles. The highest BCUT2D eigenvalue weighted by Crippen LogP contribution is 2.35. The van der Waals surface area contributed by atoms with Crippen LogP contribution in [0.25, 0.3) is 0 Å². The van der Waals surface area contributed by atoms with E-state index in [9.17, 15) is 13.6 Å². The Hall–Kier alpha value is -1.63. The molecule has 1 saturated carbocycles. The number of likely N-dealkylation sites (tertiary alicyclic amines) is 1. The van der Waals surface area contributed by atoms with Gasteiger partial charge in [0.25, 0.3) is 11.8 Å². The lowest BCUT2D eigenvalue weighted by Gasteiger charge is -2.37. The Morgan fingerprint density at radius 1 is 1.32 bits per heavy atom. The van der Waals surface area contributed by atoms with Crippen molar-refractivity contribution in [1.82, 2.24) is 14.9 Å². The molecular formula is C15H19F2N3O2. The standard InChI is InChI=1S/C15H19F2N3O2/c16-15(17)4-7-20(14(21)13-18-5-1-6-19-13)8-12(15)10-22-9-11-2-3-11/h1,5-6,11-12H,2-4,7-10H2. The molecule has 1 atom stereocenters. The first kappa shape index (κ1) is 15.3. The van der Waals surface area contributed by atoms with Crippen molar-refractivity contribution in [2.75, 3.05) is 26.3 Å². The van der Waals surface area contributed by atoms with Crippen LogP contribution >= 0.6 is 0 Å². The molecule has 0 radical (unpaired) electrons. The molecule has 22 heavy (non-hydrogen) atoms. The van der Waals surface area contributed by atoms with Crippen molar-refractivity contribution in [3.05, 3.63) is 24.3 Å². The monoisotopic (exact) mass is 311 g/mol. The summed E-state index contributed by atoms with van der Waals surface area (Å²) in [6.45, 7) is 0.531. The Bertz CT molecular complexity index is 523. The van der Waals surface area contributed by atoms with Crippen LogP contribution in [-0.4, -0.2) is 53.0 Å². The van der Waals surface area contributed by atoms with Crippen molar-refractivity contribution in [2.45, 2.75) is 25.2 Å². The molecule has 2 heterocycles. The van der Waals surface area contributed by atoms with Gasteiger partial charge in [-0.05, 0) is 24.8 Å². The van der Waals surface area contributed by atoms with Gasteiger partial charge in [0.15, 0.2) is 0 Å². The highest BCUT2D eigenvalue weighted by Gasteiger charge is 2.45. The van der Waals surface area contributed by atoms with Gasteiger partial charge in [-0.15, -0.1) is 0 Å². The summed E-state index contributed by atoms with van der Waals surface area (Å²) in [5.41, 5.74) is 0. The molecule has 1 aliphatic heterocycles. The fourth-order valence-corrected chi connectivity index (χ4v) is 2.55. The minimum Gasteiger partial charge on any atom is -0.381 e. The van der Waals surface area contributed by atoms with Crippen LogP contribution in [-0.2, 0) is 4.74 Å². The lowest BCUT2D eigenvalue weighted by molar-refractivity contribution is -0.122. The fourth-order valence-electron chi connectivity index (χ4n) is 2.55. The number of aromatic nitrogens is 2. The van der Waals surface area contributed by atoms with Crippen LogP contribution in [0, 0.1) is 11.8 Å². The topological polar surface area (TPSA) is 55.3 Å². The quantitative estimate of drug-likeness (QED) is 0.834. The van der Waals surface area contributed by atoms with E-state index in [0.29, 0.717) is 12.5 Å². The zero-order valence-electron chi connectivity index (χ0n) is 12.3. The Morgan fingerprint density at radius 3 is 2.73 bits per heavy atom. The third-order valence-corrected chi connectivity index (χ3v) is 4.17. The Balaban J connectivity index is 1.60. The first-order valence-corrected chi connectivity index (χ1v) is 7.58. The second-order valence-electron chi connectivity index (χ2n) is 6.01. The number of hydrogen-bond acceptors (Lipinski definition) is 4. The summed E-state index contributed by atoms with van der Waals surface area (Å²) in [4.78, 5) is 21.4. The number of piperidine rings is 1. The van der Waals surface area contributed by atoms with Crippen molar-refractivity contribution in [1.29, 1.82) is 0 Å². The van der Waals surface area contributed by atoms with Gasteiger partial charge in [0.2, 0.25) is 5.82 Å². The SMILES string of the molecule is O=C(c1ncccn1)N1CCC(F)(F)C(COCC2CC2)C1. The van der Waals surface area contributed by atoms with Gasteiger partial charge in [-0.25, -0.2) is 18.7 Å². The summed E-state index contributed by atoms with van der Waals surface area (Å²) < 4.78 is 33.4. The summed E-state index contributed by atoms with van der Waals surface area (Å²) in [7, 11) is 0. The molecule has 0 bridgehead atoms. The van der Waals surface area contributed by atoms with Crippen LogP contribution < -0.4 is 0 Å². The van der Waals surface area contributed by atoms with E-state index in [1.54, 1.807) is 6.07 Å². The number of nitrogens with zero attached hydrogens (tertiary/aromatic N) is 3. The fraction of sp³-hybridized carbons (Fsp3) is 0.667. The summed E-state index contributed by atoms with van der Waals surface area (Å²) in [5.74, 6) is -3.58. The number of amides is 1. The zero-order chi connectivity index (χ0) is 15.6. The smallest absolute Gasteiger partial charge is 0.291 e. The zero-order valence-corrected chi connectivity index (χ0v) is 12.3. The lowest BCUT2D eigenvalue weighted by atomic mass is 9.94. The van der Waals surface area contributed by atoms with Crippen LogP contribution in [0.5, 0.6) is 0 Å². The van der Waals surface area contributed by atoms with E-state index in [1.807, 2.05) is 0 Å². The molecule has 0 N–H and O–H groups in total. The maximum absolute atomic E-state index is 14.0. The number of carbonyl (C=O) groups is 1. The van der Waals surface area contributed by atoms with Gasteiger partial charge in [-0.1, -0.05) is 0 Å². The molecule has 1 unspecified atom stereocenters. The highest BCUT2D eigenvalue weighted by molar-refractivity contribution is 5.90. The van der Waals surface area contributed by atoms with Crippen molar-refractivity contribution < 1.29 is 18.3 Å². The van der Waals surface area contributed by atoms with Crippen LogP contribution in [0.15, 0.2) is 18.5 Å². The molecule has 1 saturated heterocycles. The summed E-state index contributed by atoms with van der Waals surface area (Å²) in [6, 6.07) is 1.61. The van der Waals surface area contributed by atoms with Crippen LogP contribution in [0.3, 0.4) is 0 Å². The highest BCUT2D eigenvalue weighted by atomic mass is 19.3. The van der Waals surface area contributed by atoms with E-state index in [4.69, 9.17) is 4.74 Å². The van der Waals surface area contributed by atoms with Crippen molar-refractivity contribution in [2.24, 2.45) is 11.8 Å². The van der Waals surface area contributed by atoms with Crippen molar-refractivity contribution in [3.63, 3.8) is 0 Å². The van der Waals surface area contributed by atoms with E-state index in [-0.39, 0.29) is 31.9 Å². The molecule has 3 rings (SSSR count). The van der Waals surface area contributed by atoms with Crippen LogP contribution in [0.1, 0.15) is 29.9 Å². The average Bonchev–Trinajstić information content (AvgIpc) is 3.33. The number of hydrogen-bond donors (Lipinski definition) is 0. The van der Waals surface area contributed by atoms with Gasteiger partial charge in [-0.3, -0.25) is 4.79 Å². The molecule has 0 spiro atoms. The largest absolute Gasteiger partial charge is 0.381 e. The maximum atomic E-state index is 14.0. The van der Waals surface area contributed by atoms with Gasteiger partial charge in [-0.2, -0.15) is 0 Å². The van der Waals surface area contributed by atoms with Gasteiger partial charge in [0, 0.05) is 38.5 Å². The normalized spacial score (nSPS) is 24.3. The first-order chi connectivity index (χ1) is 10.6. The van der Waals surface area contributed by atoms with E-state index < -0.39 is 17.7 Å². The Kier molecular flexibility index (Phi) is 4.33. The van der Waals surface area contributed by atoms with Gasteiger partial charge in [0.05, 0.1) is 12.5 Å². The van der Waals surface area contributed by atoms with Crippen LogP contribution in [0.2, 0.25) is 0 Å². The van der Waals surface area contributed by atoms with Gasteiger partial charge >= 0.3 is 0 Å². The predicted molar refractivity (Wildman–Crippen MR) is 74.5 cm³/mol. The summed E-state index contributed by atoms with van der Waals surface area (Å²) in [6.07, 6.45) is 4.83. The molecule has 1 amide bonds. The minimum absolute atomic E-state index is 0.0110. The van der Waals surface area contributed by atoms with E-state index in [1.165, 1.54) is 17.3 Å². The first-order valence-electron chi connectivity index (χ1n) is 7.58. The van der Waals surface area contributed by atoms with Crippen molar-refractivity contribution >= 4 is 5.91 Å². The Labute approximate surface area is 127 Å². The molecule has 1 aromatic heterocycles. The van der Waals surface area contributed by atoms with Crippen LogP contribution in [0.4, 0.5) is 8.78 Å². The third kappa shape index (κ3) is 3.58. The number of rotatable bonds is 5. The number of halogens is 2. The number of ether oxygens (including phenoxy) is 1. The molecule has 1 aromatic rings. The van der Waals surface area contributed by atoms with Gasteiger partial charge < -0.3 is 9.64 Å². The molecule has 2 aliphatic rings. The Morgan fingerprint density at radius 2 is 2.05 bits per heavy atom. The lowest BCUT2D eigenvalue weighted by Crippen LogP contribution is -2.51. The average molecular weight is 311 g/mol. The molecular weight excluding hydrogens is 292 g/mol. The number of alkyl halides is 2. The van der Waals surface area contributed by atoms with E-state index in [2.05, 4.69) is 9.97 Å². The predicted octanol–water partition coefficient (Wildman–Crippen LogP) is 2.00. The molecule has 5 nitrogen and oxygen atoms in total. The minimum atomic E-state index is -2.79. The molecule has 7 heteroatoms. The molecule has 120 valence electrons. The van der Waals surface area contributed by atoms with Gasteiger partial charge in [0.1, 0.15) is 0 Å². The van der Waals surface area contributed by atoms with E-state index >= 15 is 0 Å². The summed E-state index contributed by atoms with van der Waals surface area (Å²) >= 11 is 0. The third-order valence-electron chi connectivity index (χ3n) is 4.17. The second kappa shape index (κ2) is 6.24. The molecule has 2 fully saturated rings.